The standard InChI is InChI=1S/C16H17Br2NO/c1-11(20)12-7-8-16(15(18)9-12)19(2)10-13-5-3-4-6-14(13)17/h3-9,11,20H,10H2,1-2H3. The Bertz CT molecular complexity index is 599. The summed E-state index contributed by atoms with van der Waals surface area (Å²) in [6.45, 7) is 2.58. The highest BCUT2D eigenvalue weighted by Crippen LogP contribution is 2.30. The van der Waals surface area contributed by atoms with Gasteiger partial charge in [-0.05, 0) is 52.2 Å². The van der Waals surface area contributed by atoms with Gasteiger partial charge in [-0.2, -0.15) is 0 Å². The summed E-state index contributed by atoms with van der Waals surface area (Å²) in [4.78, 5) is 2.18. The molecule has 0 saturated heterocycles. The molecule has 0 radical (unpaired) electrons. The van der Waals surface area contributed by atoms with Crippen molar-refractivity contribution >= 4 is 37.5 Å². The van der Waals surface area contributed by atoms with E-state index in [-0.39, 0.29) is 0 Å². The maximum absolute atomic E-state index is 9.61. The van der Waals surface area contributed by atoms with Gasteiger partial charge in [-0.15, -0.1) is 0 Å². The molecule has 1 unspecified atom stereocenters. The molecule has 4 heteroatoms. The van der Waals surface area contributed by atoms with Gasteiger partial charge in [-0.3, -0.25) is 0 Å². The summed E-state index contributed by atoms with van der Waals surface area (Å²) < 4.78 is 2.11. The molecule has 1 N–H and O–H groups in total. The van der Waals surface area contributed by atoms with E-state index in [9.17, 15) is 5.11 Å². The zero-order chi connectivity index (χ0) is 14.7. The molecular formula is C16H17Br2NO. The van der Waals surface area contributed by atoms with Crippen LogP contribution in [-0.4, -0.2) is 12.2 Å². The lowest BCUT2D eigenvalue weighted by atomic mass is 10.1. The van der Waals surface area contributed by atoms with Crippen LogP contribution in [0.25, 0.3) is 0 Å². The van der Waals surface area contributed by atoms with Gasteiger partial charge in [0.1, 0.15) is 0 Å². The van der Waals surface area contributed by atoms with Crippen LogP contribution in [0.15, 0.2) is 51.4 Å². The van der Waals surface area contributed by atoms with Crippen LogP contribution in [0.1, 0.15) is 24.2 Å². The van der Waals surface area contributed by atoms with E-state index in [1.54, 1.807) is 6.92 Å². The molecule has 0 aliphatic rings. The molecule has 0 aliphatic carbocycles. The normalized spacial score (nSPS) is 12.2. The molecular weight excluding hydrogens is 382 g/mol. The highest BCUT2D eigenvalue weighted by atomic mass is 79.9. The Morgan fingerprint density at radius 2 is 1.80 bits per heavy atom. The topological polar surface area (TPSA) is 23.5 Å². The van der Waals surface area contributed by atoms with Gasteiger partial charge in [0.15, 0.2) is 0 Å². The van der Waals surface area contributed by atoms with Crippen molar-refractivity contribution in [1.82, 2.24) is 0 Å². The SMILES string of the molecule is CC(O)c1ccc(N(C)Cc2ccccc2Br)c(Br)c1. The summed E-state index contributed by atoms with van der Waals surface area (Å²) in [7, 11) is 2.06. The third kappa shape index (κ3) is 3.62. The van der Waals surface area contributed by atoms with Crippen LogP contribution >= 0.6 is 31.9 Å². The van der Waals surface area contributed by atoms with Crippen molar-refractivity contribution in [2.24, 2.45) is 0 Å². The number of aliphatic hydroxyl groups excluding tert-OH is 1. The van der Waals surface area contributed by atoms with Crippen LogP contribution in [0.5, 0.6) is 0 Å². The molecule has 20 heavy (non-hydrogen) atoms. The lowest BCUT2D eigenvalue weighted by molar-refractivity contribution is 0.199. The molecule has 2 rings (SSSR count). The largest absolute Gasteiger partial charge is 0.389 e. The van der Waals surface area contributed by atoms with E-state index in [0.29, 0.717) is 0 Å². The zero-order valence-electron chi connectivity index (χ0n) is 11.5. The summed E-state index contributed by atoms with van der Waals surface area (Å²) >= 11 is 7.16. The van der Waals surface area contributed by atoms with Crippen molar-refractivity contribution in [3.63, 3.8) is 0 Å². The van der Waals surface area contributed by atoms with Crippen LogP contribution in [0.4, 0.5) is 5.69 Å². The molecule has 2 aromatic carbocycles. The lowest BCUT2D eigenvalue weighted by Gasteiger charge is -2.22. The number of halogens is 2. The van der Waals surface area contributed by atoms with E-state index in [1.165, 1.54) is 5.56 Å². The van der Waals surface area contributed by atoms with Crippen LogP contribution in [0.3, 0.4) is 0 Å². The molecule has 0 saturated carbocycles. The first-order valence-electron chi connectivity index (χ1n) is 6.41. The van der Waals surface area contributed by atoms with E-state index < -0.39 is 6.10 Å². The second-order valence-corrected chi connectivity index (χ2v) is 6.54. The predicted molar refractivity (Wildman–Crippen MR) is 91.0 cm³/mol. The van der Waals surface area contributed by atoms with Gasteiger partial charge in [-0.1, -0.05) is 40.2 Å². The fourth-order valence-electron chi connectivity index (χ4n) is 2.06. The minimum absolute atomic E-state index is 0.450. The molecule has 0 aromatic heterocycles. The van der Waals surface area contributed by atoms with Gasteiger partial charge in [0.2, 0.25) is 0 Å². The first-order valence-corrected chi connectivity index (χ1v) is 7.99. The molecule has 0 fully saturated rings. The van der Waals surface area contributed by atoms with E-state index in [0.717, 1.165) is 26.7 Å². The van der Waals surface area contributed by atoms with Crippen LogP contribution in [0, 0.1) is 0 Å². The summed E-state index contributed by atoms with van der Waals surface area (Å²) in [6, 6.07) is 14.2. The average molecular weight is 399 g/mol. The fraction of sp³-hybridized carbons (Fsp3) is 0.250. The van der Waals surface area contributed by atoms with Gasteiger partial charge in [0.25, 0.3) is 0 Å². The number of hydrogen-bond donors (Lipinski definition) is 1. The molecule has 0 amide bonds. The lowest BCUT2D eigenvalue weighted by Crippen LogP contribution is -2.17. The molecule has 0 heterocycles. The Morgan fingerprint density at radius 1 is 1.10 bits per heavy atom. The highest BCUT2D eigenvalue weighted by molar-refractivity contribution is 9.11. The number of anilines is 1. The molecule has 0 aliphatic heterocycles. The van der Waals surface area contributed by atoms with Gasteiger partial charge in [0, 0.05) is 22.5 Å². The Balaban J connectivity index is 2.21. The van der Waals surface area contributed by atoms with E-state index in [4.69, 9.17) is 0 Å². The quantitative estimate of drug-likeness (QED) is 0.791. The van der Waals surface area contributed by atoms with Gasteiger partial charge < -0.3 is 10.0 Å². The Morgan fingerprint density at radius 3 is 2.40 bits per heavy atom. The number of aliphatic hydroxyl groups is 1. The van der Waals surface area contributed by atoms with Crippen LogP contribution in [0.2, 0.25) is 0 Å². The van der Waals surface area contributed by atoms with Crippen molar-refractivity contribution in [2.75, 3.05) is 11.9 Å². The summed E-state index contributed by atoms with van der Waals surface area (Å²) in [5, 5.41) is 9.61. The summed E-state index contributed by atoms with van der Waals surface area (Å²) in [5.41, 5.74) is 3.25. The number of nitrogens with zero attached hydrogens (tertiary/aromatic N) is 1. The van der Waals surface area contributed by atoms with Gasteiger partial charge in [0.05, 0.1) is 11.8 Å². The van der Waals surface area contributed by atoms with Gasteiger partial charge >= 0.3 is 0 Å². The second-order valence-electron chi connectivity index (χ2n) is 4.83. The third-order valence-electron chi connectivity index (χ3n) is 3.23. The Hall–Kier alpha value is -0.840. The van der Waals surface area contributed by atoms with Crippen molar-refractivity contribution in [3.8, 4) is 0 Å². The monoisotopic (exact) mass is 397 g/mol. The highest BCUT2D eigenvalue weighted by Gasteiger charge is 2.10. The van der Waals surface area contributed by atoms with Crippen LogP contribution < -0.4 is 4.90 Å². The Kier molecular flexibility index (Phi) is 5.24. The van der Waals surface area contributed by atoms with Crippen LogP contribution in [-0.2, 0) is 6.54 Å². The third-order valence-corrected chi connectivity index (χ3v) is 4.64. The molecule has 0 bridgehead atoms. The van der Waals surface area contributed by atoms with E-state index in [2.05, 4.69) is 55.9 Å². The first-order chi connectivity index (χ1) is 9.49. The average Bonchev–Trinajstić information content (AvgIpc) is 2.41. The molecule has 1 atom stereocenters. The predicted octanol–water partition coefficient (Wildman–Crippen LogP) is 4.90. The number of rotatable bonds is 4. The molecule has 0 spiro atoms. The second kappa shape index (κ2) is 6.74. The molecule has 2 aromatic rings. The number of benzene rings is 2. The van der Waals surface area contributed by atoms with Crippen molar-refractivity contribution in [3.05, 3.63) is 62.5 Å². The van der Waals surface area contributed by atoms with Crippen molar-refractivity contribution in [1.29, 1.82) is 0 Å². The van der Waals surface area contributed by atoms with Crippen molar-refractivity contribution < 1.29 is 5.11 Å². The molecule has 106 valence electrons. The number of hydrogen-bond acceptors (Lipinski definition) is 2. The maximum Gasteiger partial charge on any atom is 0.0762 e. The summed E-state index contributed by atoms with van der Waals surface area (Å²) in [5.74, 6) is 0. The zero-order valence-corrected chi connectivity index (χ0v) is 14.6. The summed E-state index contributed by atoms with van der Waals surface area (Å²) in [6.07, 6.45) is -0.450. The maximum atomic E-state index is 9.61. The van der Waals surface area contributed by atoms with E-state index in [1.807, 2.05) is 30.3 Å². The first kappa shape index (κ1) is 15.5. The minimum Gasteiger partial charge on any atom is -0.389 e. The molecule has 2 nitrogen and oxygen atoms in total. The minimum atomic E-state index is -0.450. The van der Waals surface area contributed by atoms with E-state index >= 15 is 0 Å². The Labute approximate surface area is 136 Å². The fourth-order valence-corrected chi connectivity index (χ4v) is 3.17. The smallest absolute Gasteiger partial charge is 0.0762 e. The van der Waals surface area contributed by atoms with Gasteiger partial charge in [-0.25, -0.2) is 0 Å². The van der Waals surface area contributed by atoms with Crippen molar-refractivity contribution in [2.45, 2.75) is 19.6 Å².